The minimum Gasteiger partial charge on any atom is -0.338 e. The fraction of sp³-hybridized carbons (Fsp3) is 0.300. The van der Waals surface area contributed by atoms with E-state index >= 15 is 0 Å². The Bertz CT molecular complexity index is 279. The second kappa shape index (κ2) is 8.08. The van der Waals surface area contributed by atoms with Gasteiger partial charge in [0.1, 0.15) is 0 Å². The Hall–Kier alpha value is -1.26. The first-order valence-electron chi connectivity index (χ1n) is 4.63. The molecule has 4 nitrogen and oxygen atoms in total. The van der Waals surface area contributed by atoms with Gasteiger partial charge < -0.3 is 16.4 Å². The van der Waals surface area contributed by atoms with Crippen LogP contribution in [-0.4, -0.2) is 19.1 Å². The zero-order chi connectivity index (χ0) is 10.2. The Morgan fingerprint density at radius 3 is 2.53 bits per heavy atom. The quantitative estimate of drug-likeness (QED) is 0.687. The van der Waals surface area contributed by atoms with Crippen LogP contribution in [0.15, 0.2) is 30.3 Å². The SMILES string of the molecule is Cl.NCCCNC(=O)Nc1ccccc1. The number of nitrogens with two attached hydrogens (primary N) is 1. The number of benzene rings is 1. The molecular weight excluding hydrogens is 214 g/mol. The molecule has 0 spiro atoms. The van der Waals surface area contributed by atoms with Crippen LogP contribution in [0.4, 0.5) is 10.5 Å². The van der Waals surface area contributed by atoms with Gasteiger partial charge in [-0.15, -0.1) is 12.4 Å². The molecule has 2 amide bonds. The van der Waals surface area contributed by atoms with Crippen molar-refractivity contribution in [2.45, 2.75) is 6.42 Å². The summed E-state index contributed by atoms with van der Waals surface area (Å²) in [5, 5.41) is 5.41. The zero-order valence-electron chi connectivity index (χ0n) is 8.40. The van der Waals surface area contributed by atoms with Gasteiger partial charge in [-0.05, 0) is 25.1 Å². The molecular formula is C10H16ClN3O. The summed E-state index contributed by atoms with van der Waals surface area (Å²) in [7, 11) is 0. The van der Waals surface area contributed by atoms with Gasteiger partial charge in [-0.2, -0.15) is 0 Å². The number of anilines is 1. The number of halogens is 1. The molecule has 0 aliphatic heterocycles. The summed E-state index contributed by atoms with van der Waals surface area (Å²) in [4.78, 5) is 11.2. The second-order valence-corrected chi connectivity index (χ2v) is 2.89. The van der Waals surface area contributed by atoms with Crippen molar-refractivity contribution in [3.63, 3.8) is 0 Å². The molecule has 84 valence electrons. The topological polar surface area (TPSA) is 67.1 Å². The number of carbonyl (C=O) groups excluding carboxylic acids is 1. The molecule has 1 aromatic carbocycles. The fourth-order valence-electron chi connectivity index (χ4n) is 1.00. The van der Waals surface area contributed by atoms with Crippen molar-refractivity contribution in [2.24, 2.45) is 5.73 Å². The first-order valence-corrected chi connectivity index (χ1v) is 4.63. The molecule has 0 saturated heterocycles. The lowest BCUT2D eigenvalue weighted by atomic mass is 10.3. The molecule has 4 N–H and O–H groups in total. The molecule has 15 heavy (non-hydrogen) atoms. The zero-order valence-corrected chi connectivity index (χ0v) is 9.22. The standard InChI is InChI=1S/C10H15N3O.ClH/c11-7-4-8-12-10(14)13-9-5-2-1-3-6-9;/h1-3,5-6H,4,7-8,11H2,(H2,12,13,14);1H. The lowest BCUT2D eigenvalue weighted by Gasteiger charge is -2.06. The third kappa shape index (κ3) is 5.93. The number of nitrogens with one attached hydrogen (secondary N) is 2. The minimum atomic E-state index is -0.190. The van der Waals surface area contributed by atoms with Crippen molar-refractivity contribution >= 4 is 24.1 Å². The molecule has 0 aromatic heterocycles. The van der Waals surface area contributed by atoms with Crippen molar-refractivity contribution in [1.82, 2.24) is 5.32 Å². The maximum atomic E-state index is 11.2. The number of hydrogen-bond donors (Lipinski definition) is 3. The summed E-state index contributed by atoms with van der Waals surface area (Å²) in [5.41, 5.74) is 6.09. The monoisotopic (exact) mass is 229 g/mol. The summed E-state index contributed by atoms with van der Waals surface area (Å²) >= 11 is 0. The summed E-state index contributed by atoms with van der Waals surface area (Å²) in [6, 6.07) is 9.12. The Morgan fingerprint density at radius 2 is 1.93 bits per heavy atom. The van der Waals surface area contributed by atoms with E-state index in [1.807, 2.05) is 30.3 Å². The Balaban J connectivity index is 0.00000196. The third-order valence-electron chi connectivity index (χ3n) is 1.70. The van der Waals surface area contributed by atoms with E-state index in [-0.39, 0.29) is 18.4 Å². The van der Waals surface area contributed by atoms with Crippen LogP contribution in [0.5, 0.6) is 0 Å². The van der Waals surface area contributed by atoms with Gasteiger partial charge in [-0.1, -0.05) is 18.2 Å². The highest BCUT2D eigenvalue weighted by Gasteiger charge is 1.98. The van der Waals surface area contributed by atoms with Gasteiger partial charge in [-0.3, -0.25) is 0 Å². The van der Waals surface area contributed by atoms with Gasteiger partial charge in [0.2, 0.25) is 0 Å². The molecule has 0 fully saturated rings. The van der Waals surface area contributed by atoms with Crippen molar-refractivity contribution in [3.8, 4) is 0 Å². The molecule has 5 heteroatoms. The molecule has 0 aliphatic carbocycles. The maximum absolute atomic E-state index is 11.2. The highest BCUT2D eigenvalue weighted by molar-refractivity contribution is 5.89. The Labute approximate surface area is 95.6 Å². The van der Waals surface area contributed by atoms with Gasteiger partial charge >= 0.3 is 6.03 Å². The summed E-state index contributed by atoms with van der Waals surface area (Å²) < 4.78 is 0. The van der Waals surface area contributed by atoms with Crippen LogP contribution in [-0.2, 0) is 0 Å². The van der Waals surface area contributed by atoms with Gasteiger partial charge in [0.15, 0.2) is 0 Å². The van der Waals surface area contributed by atoms with Crippen LogP contribution in [0, 0.1) is 0 Å². The molecule has 0 radical (unpaired) electrons. The van der Waals surface area contributed by atoms with E-state index in [1.165, 1.54) is 0 Å². The number of rotatable bonds is 4. The second-order valence-electron chi connectivity index (χ2n) is 2.89. The molecule has 0 atom stereocenters. The molecule has 0 aliphatic rings. The van der Waals surface area contributed by atoms with Gasteiger partial charge in [0.05, 0.1) is 0 Å². The Morgan fingerprint density at radius 1 is 1.27 bits per heavy atom. The predicted octanol–water partition coefficient (Wildman–Crippen LogP) is 1.58. The first-order chi connectivity index (χ1) is 6.83. The number of carbonyl (C=O) groups is 1. The average molecular weight is 230 g/mol. The Kier molecular flexibility index (Phi) is 7.40. The smallest absolute Gasteiger partial charge is 0.319 e. The van der Waals surface area contributed by atoms with E-state index in [0.29, 0.717) is 13.1 Å². The normalized spacial score (nSPS) is 8.87. The molecule has 1 rings (SSSR count). The third-order valence-corrected chi connectivity index (χ3v) is 1.70. The highest BCUT2D eigenvalue weighted by Crippen LogP contribution is 2.03. The largest absolute Gasteiger partial charge is 0.338 e. The first kappa shape index (κ1) is 13.7. The van der Waals surface area contributed by atoms with Crippen molar-refractivity contribution in [2.75, 3.05) is 18.4 Å². The van der Waals surface area contributed by atoms with Crippen LogP contribution in [0.3, 0.4) is 0 Å². The molecule has 0 saturated carbocycles. The molecule has 0 unspecified atom stereocenters. The average Bonchev–Trinajstić information content (AvgIpc) is 2.20. The van der Waals surface area contributed by atoms with E-state index in [2.05, 4.69) is 10.6 Å². The van der Waals surface area contributed by atoms with E-state index in [9.17, 15) is 4.79 Å². The van der Waals surface area contributed by atoms with Gasteiger partial charge in [-0.25, -0.2) is 4.79 Å². The van der Waals surface area contributed by atoms with Crippen LogP contribution < -0.4 is 16.4 Å². The maximum Gasteiger partial charge on any atom is 0.319 e. The van der Waals surface area contributed by atoms with E-state index < -0.39 is 0 Å². The van der Waals surface area contributed by atoms with E-state index in [1.54, 1.807) is 0 Å². The van der Waals surface area contributed by atoms with Crippen LogP contribution in [0.2, 0.25) is 0 Å². The molecule has 1 aromatic rings. The van der Waals surface area contributed by atoms with Gasteiger partial charge in [0, 0.05) is 12.2 Å². The van der Waals surface area contributed by atoms with Crippen molar-refractivity contribution < 1.29 is 4.79 Å². The summed E-state index contributed by atoms with van der Waals surface area (Å²) in [5.74, 6) is 0. The number of para-hydroxylation sites is 1. The number of amides is 2. The number of hydrogen-bond acceptors (Lipinski definition) is 2. The van der Waals surface area contributed by atoms with Gasteiger partial charge in [0.25, 0.3) is 0 Å². The molecule has 0 bridgehead atoms. The fourth-order valence-corrected chi connectivity index (χ4v) is 1.00. The highest BCUT2D eigenvalue weighted by atomic mass is 35.5. The minimum absolute atomic E-state index is 0. The summed E-state index contributed by atoms with van der Waals surface area (Å²) in [6.45, 7) is 1.20. The lowest BCUT2D eigenvalue weighted by molar-refractivity contribution is 0.252. The van der Waals surface area contributed by atoms with Crippen LogP contribution >= 0.6 is 12.4 Å². The van der Waals surface area contributed by atoms with E-state index in [4.69, 9.17) is 5.73 Å². The lowest BCUT2D eigenvalue weighted by Crippen LogP contribution is -2.30. The summed E-state index contributed by atoms with van der Waals surface area (Å²) in [6.07, 6.45) is 0.794. The van der Waals surface area contributed by atoms with Crippen molar-refractivity contribution in [1.29, 1.82) is 0 Å². The van der Waals surface area contributed by atoms with E-state index in [0.717, 1.165) is 12.1 Å². The number of urea groups is 1. The van der Waals surface area contributed by atoms with Crippen LogP contribution in [0.1, 0.15) is 6.42 Å². The molecule has 0 heterocycles. The predicted molar refractivity (Wildman–Crippen MR) is 64.4 cm³/mol. The van der Waals surface area contributed by atoms with Crippen LogP contribution in [0.25, 0.3) is 0 Å². The van der Waals surface area contributed by atoms with Crippen molar-refractivity contribution in [3.05, 3.63) is 30.3 Å².